The molecule has 0 radical (unpaired) electrons. The van der Waals surface area contributed by atoms with Crippen LogP contribution in [0.2, 0.25) is 5.02 Å². The molecular formula is C15H11ClF3NO3. The van der Waals surface area contributed by atoms with Gasteiger partial charge < -0.3 is 15.2 Å². The van der Waals surface area contributed by atoms with Crippen LogP contribution >= 0.6 is 11.6 Å². The summed E-state index contributed by atoms with van der Waals surface area (Å²) in [7, 11) is 0. The van der Waals surface area contributed by atoms with Gasteiger partial charge in [0.25, 0.3) is 0 Å². The number of amides is 1. The predicted octanol–water partition coefficient (Wildman–Crippen LogP) is 4.13. The van der Waals surface area contributed by atoms with Crippen LogP contribution in [-0.2, 0) is 11.2 Å². The van der Waals surface area contributed by atoms with Crippen molar-refractivity contribution in [1.29, 1.82) is 0 Å². The third kappa shape index (κ3) is 5.37. The molecule has 122 valence electrons. The lowest BCUT2D eigenvalue weighted by atomic mass is 10.1. The molecule has 2 N–H and O–H groups in total. The molecular weight excluding hydrogens is 335 g/mol. The summed E-state index contributed by atoms with van der Waals surface area (Å²) in [6.07, 6.45) is -4.85. The van der Waals surface area contributed by atoms with Gasteiger partial charge in [-0.1, -0.05) is 23.7 Å². The number of benzene rings is 2. The van der Waals surface area contributed by atoms with Crippen LogP contribution in [0.25, 0.3) is 0 Å². The van der Waals surface area contributed by atoms with Gasteiger partial charge in [0.2, 0.25) is 5.91 Å². The Morgan fingerprint density at radius 2 is 1.83 bits per heavy atom. The Kier molecular flexibility index (Phi) is 5.00. The van der Waals surface area contributed by atoms with E-state index >= 15 is 0 Å². The first-order valence-corrected chi connectivity index (χ1v) is 6.74. The molecule has 0 aliphatic heterocycles. The van der Waals surface area contributed by atoms with E-state index in [1.165, 1.54) is 30.3 Å². The summed E-state index contributed by atoms with van der Waals surface area (Å²) >= 11 is 5.76. The number of carbonyl (C=O) groups excluding carboxylic acids is 1. The Balaban J connectivity index is 1.99. The Bertz CT molecular complexity index is 702. The van der Waals surface area contributed by atoms with E-state index < -0.39 is 12.3 Å². The summed E-state index contributed by atoms with van der Waals surface area (Å²) in [5, 5.41) is 12.4. The fourth-order valence-corrected chi connectivity index (χ4v) is 1.97. The number of nitrogens with one attached hydrogen (secondary N) is 1. The lowest BCUT2D eigenvalue weighted by molar-refractivity contribution is -0.274. The first kappa shape index (κ1) is 17.0. The third-order valence-corrected chi connectivity index (χ3v) is 2.99. The summed E-state index contributed by atoms with van der Waals surface area (Å²) in [5.74, 6) is -0.960. The zero-order chi connectivity index (χ0) is 17.0. The highest BCUT2D eigenvalue weighted by atomic mass is 35.5. The average Bonchev–Trinajstić information content (AvgIpc) is 2.43. The SMILES string of the molecule is O=C(Cc1ccc(OC(F)(F)F)cc1)Nc1cc(Cl)ccc1O. The molecule has 0 aliphatic carbocycles. The van der Waals surface area contributed by atoms with Gasteiger partial charge in [-0.15, -0.1) is 13.2 Å². The van der Waals surface area contributed by atoms with Crippen molar-refractivity contribution in [2.75, 3.05) is 5.32 Å². The molecule has 0 fully saturated rings. The number of anilines is 1. The number of alkyl halides is 3. The van der Waals surface area contributed by atoms with E-state index in [0.717, 1.165) is 12.1 Å². The molecule has 0 heterocycles. The molecule has 0 atom stereocenters. The van der Waals surface area contributed by atoms with Crippen molar-refractivity contribution in [3.05, 3.63) is 53.1 Å². The van der Waals surface area contributed by atoms with Crippen LogP contribution < -0.4 is 10.1 Å². The maximum absolute atomic E-state index is 12.0. The minimum absolute atomic E-state index is 0.0851. The molecule has 0 unspecified atom stereocenters. The molecule has 4 nitrogen and oxygen atoms in total. The van der Waals surface area contributed by atoms with Crippen molar-refractivity contribution in [3.8, 4) is 11.5 Å². The molecule has 0 saturated carbocycles. The van der Waals surface area contributed by atoms with Crippen LogP contribution in [0, 0.1) is 0 Å². The summed E-state index contributed by atoms with van der Waals surface area (Å²) in [4.78, 5) is 11.9. The lowest BCUT2D eigenvalue weighted by Crippen LogP contribution is -2.17. The number of phenolic OH excluding ortho intramolecular Hbond substituents is 1. The molecule has 0 aliphatic rings. The standard InChI is InChI=1S/C15H11ClF3NO3/c16-10-3-6-13(21)12(8-10)20-14(22)7-9-1-4-11(5-2-9)23-15(17,18)19/h1-6,8,21H,7H2,(H,20,22). The summed E-state index contributed by atoms with van der Waals surface area (Å²) < 4.78 is 39.9. The van der Waals surface area contributed by atoms with Crippen molar-refractivity contribution in [2.24, 2.45) is 0 Å². The number of hydrogen-bond donors (Lipinski definition) is 2. The fourth-order valence-electron chi connectivity index (χ4n) is 1.80. The van der Waals surface area contributed by atoms with Gasteiger partial charge in [0, 0.05) is 5.02 Å². The van der Waals surface area contributed by atoms with Gasteiger partial charge in [0.1, 0.15) is 11.5 Å². The minimum atomic E-state index is -4.76. The number of ether oxygens (including phenoxy) is 1. The molecule has 2 aromatic carbocycles. The smallest absolute Gasteiger partial charge is 0.506 e. The normalized spacial score (nSPS) is 11.1. The first-order valence-electron chi connectivity index (χ1n) is 6.36. The molecule has 0 aromatic heterocycles. The molecule has 8 heteroatoms. The van der Waals surface area contributed by atoms with Crippen molar-refractivity contribution < 1.29 is 27.8 Å². The average molecular weight is 346 g/mol. The quantitative estimate of drug-likeness (QED) is 0.819. The van der Waals surface area contributed by atoms with Crippen LogP contribution in [0.3, 0.4) is 0 Å². The van der Waals surface area contributed by atoms with Gasteiger partial charge in [-0.3, -0.25) is 4.79 Å². The Morgan fingerprint density at radius 3 is 2.43 bits per heavy atom. The number of phenols is 1. The van der Waals surface area contributed by atoms with Gasteiger partial charge in [-0.2, -0.15) is 0 Å². The number of halogens is 4. The van der Waals surface area contributed by atoms with Crippen molar-refractivity contribution in [2.45, 2.75) is 12.8 Å². The number of hydrogen-bond acceptors (Lipinski definition) is 3. The van der Waals surface area contributed by atoms with E-state index in [1.54, 1.807) is 0 Å². The van der Waals surface area contributed by atoms with E-state index in [9.17, 15) is 23.1 Å². The predicted molar refractivity (Wildman–Crippen MR) is 78.6 cm³/mol. The van der Waals surface area contributed by atoms with E-state index in [0.29, 0.717) is 10.6 Å². The maximum Gasteiger partial charge on any atom is 0.573 e. The highest BCUT2D eigenvalue weighted by molar-refractivity contribution is 6.31. The van der Waals surface area contributed by atoms with Crippen LogP contribution in [0.5, 0.6) is 11.5 Å². The summed E-state index contributed by atoms with van der Waals surface area (Å²) in [6.45, 7) is 0. The van der Waals surface area contributed by atoms with Gasteiger partial charge in [0.05, 0.1) is 12.1 Å². The van der Waals surface area contributed by atoms with Gasteiger partial charge in [-0.05, 0) is 35.9 Å². The van der Waals surface area contributed by atoms with E-state index in [4.69, 9.17) is 11.6 Å². The number of aromatic hydroxyl groups is 1. The highest BCUT2D eigenvalue weighted by Gasteiger charge is 2.30. The third-order valence-electron chi connectivity index (χ3n) is 2.75. The van der Waals surface area contributed by atoms with Crippen molar-refractivity contribution in [1.82, 2.24) is 0 Å². The van der Waals surface area contributed by atoms with Crippen LogP contribution in [0.4, 0.5) is 18.9 Å². The van der Waals surface area contributed by atoms with Gasteiger partial charge in [-0.25, -0.2) is 0 Å². The van der Waals surface area contributed by atoms with Crippen LogP contribution in [0.1, 0.15) is 5.56 Å². The molecule has 0 bridgehead atoms. The topological polar surface area (TPSA) is 58.6 Å². The zero-order valence-electron chi connectivity index (χ0n) is 11.5. The molecule has 1 amide bonds. The number of rotatable bonds is 4. The zero-order valence-corrected chi connectivity index (χ0v) is 12.3. The Labute approximate surface area is 134 Å². The van der Waals surface area contributed by atoms with Crippen LogP contribution in [-0.4, -0.2) is 17.4 Å². The second kappa shape index (κ2) is 6.78. The fraction of sp³-hybridized carbons (Fsp3) is 0.133. The van der Waals surface area contributed by atoms with Crippen LogP contribution in [0.15, 0.2) is 42.5 Å². The largest absolute Gasteiger partial charge is 0.573 e. The second-order valence-corrected chi connectivity index (χ2v) is 5.01. The van der Waals surface area contributed by atoms with E-state index in [1.807, 2.05) is 0 Å². The van der Waals surface area contributed by atoms with E-state index in [2.05, 4.69) is 10.1 Å². The number of carbonyl (C=O) groups is 1. The minimum Gasteiger partial charge on any atom is -0.506 e. The Hall–Kier alpha value is -2.41. The van der Waals surface area contributed by atoms with Gasteiger partial charge in [0.15, 0.2) is 0 Å². The summed E-state index contributed by atoms with van der Waals surface area (Å²) in [5.41, 5.74) is 0.637. The molecule has 2 rings (SSSR count). The first-order chi connectivity index (χ1) is 10.7. The molecule has 0 saturated heterocycles. The monoisotopic (exact) mass is 345 g/mol. The molecule has 23 heavy (non-hydrogen) atoms. The van der Waals surface area contributed by atoms with Gasteiger partial charge >= 0.3 is 6.36 Å². The molecule has 2 aromatic rings. The second-order valence-electron chi connectivity index (χ2n) is 4.58. The van der Waals surface area contributed by atoms with Crippen molar-refractivity contribution in [3.63, 3.8) is 0 Å². The molecule has 0 spiro atoms. The summed E-state index contributed by atoms with van der Waals surface area (Å²) in [6, 6.07) is 9.11. The van der Waals surface area contributed by atoms with E-state index in [-0.39, 0.29) is 23.6 Å². The maximum atomic E-state index is 12.0. The lowest BCUT2D eigenvalue weighted by Gasteiger charge is -2.10. The van der Waals surface area contributed by atoms with Crippen molar-refractivity contribution >= 4 is 23.2 Å². The Morgan fingerprint density at radius 1 is 1.17 bits per heavy atom. The highest BCUT2D eigenvalue weighted by Crippen LogP contribution is 2.27.